The average molecular weight is 402 g/mol. The van der Waals surface area contributed by atoms with Crippen LogP contribution in [0.5, 0.6) is 0 Å². The number of aryl methyl sites for hydroxylation is 1. The van der Waals surface area contributed by atoms with Crippen LogP contribution in [0.2, 0.25) is 0 Å². The minimum atomic E-state index is 0. The van der Waals surface area contributed by atoms with Gasteiger partial charge in [-0.3, -0.25) is 9.78 Å². The highest BCUT2D eigenvalue weighted by Crippen LogP contribution is 2.26. The standard InChI is InChI=1S/C18H23N3OS.2ClH/c1-12-5-7-21(15(9-12)10-19)18(22)16-3-4-17(20-13(16)2)14-6-8-23-11-14;;/h3-4,6,8,11-12,15H,5,7,9-10,19H2,1-2H3;2*1H. The summed E-state index contributed by atoms with van der Waals surface area (Å²) in [5, 5.41) is 4.10. The van der Waals surface area contributed by atoms with Crippen LogP contribution in [-0.4, -0.2) is 34.9 Å². The molecule has 0 bridgehead atoms. The van der Waals surface area contributed by atoms with Crippen molar-refractivity contribution in [2.75, 3.05) is 13.1 Å². The van der Waals surface area contributed by atoms with Gasteiger partial charge in [-0.2, -0.15) is 11.3 Å². The fourth-order valence-electron chi connectivity index (χ4n) is 3.26. The topological polar surface area (TPSA) is 59.2 Å². The molecular formula is C18H25Cl2N3OS. The fourth-order valence-corrected chi connectivity index (χ4v) is 3.90. The molecule has 25 heavy (non-hydrogen) atoms. The molecule has 1 amide bonds. The molecule has 3 rings (SSSR count). The summed E-state index contributed by atoms with van der Waals surface area (Å²) in [6.45, 7) is 5.45. The second kappa shape index (κ2) is 9.53. The Labute approximate surface area is 165 Å². The number of likely N-dealkylation sites (tertiary alicyclic amines) is 1. The highest BCUT2D eigenvalue weighted by Gasteiger charge is 2.30. The number of halogens is 2. The van der Waals surface area contributed by atoms with Gasteiger partial charge in [-0.05, 0) is 49.3 Å². The van der Waals surface area contributed by atoms with Crippen molar-refractivity contribution in [2.24, 2.45) is 11.7 Å². The first-order valence-electron chi connectivity index (χ1n) is 8.11. The minimum absolute atomic E-state index is 0. The molecule has 0 radical (unpaired) electrons. The summed E-state index contributed by atoms with van der Waals surface area (Å²) in [6.07, 6.45) is 2.03. The van der Waals surface area contributed by atoms with Crippen LogP contribution in [0.15, 0.2) is 29.0 Å². The largest absolute Gasteiger partial charge is 0.334 e. The first-order valence-corrected chi connectivity index (χ1v) is 9.05. The number of nitrogens with zero attached hydrogens (tertiary/aromatic N) is 2. The van der Waals surface area contributed by atoms with E-state index in [9.17, 15) is 4.79 Å². The van der Waals surface area contributed by atoms with E-state index in [1.807, 2.05) is 35.4 Å². The zero-order valence-corrected chi connectivity index (χ0v) is 16.9. The van der Waals surface area contributed by atoms with Gasteiger partial charge in [0, 0.05) is 30.1 Å². The van der Waals surface area contributed by atoms with Crippen molar-refractivity contribution in [3.63, 3.8) is 0 Å². The Balaban J connectivity index is 0.00000156. The van der Waals surface area contributed by atoms with E-state index in [0.717, 1.165) is 36.3 Å². The van der Waals surface area contributed by atoms with Gasteiger partial charge in [0.25, 0.3) is 5.91 Å². The summed E-state index contributed by atoms with van der Waals surface area (Å²) in [4.78, 5) is 19.5. The first kappa shape index (κ1) is 21.9. The van der Waals surface area contributed by atoms with Gasteiger partial charge in [0.1, 0.15) is 0 Å². The van der Waals surface area contributed by atoms with E-state index in [-0.39, 0.29) is 36.8 Å². The molecule has 1 fully saturated rings. The van der Waals surface area contributed by atoms with E-state index >= 15 is 0 Å². The predicted octanol–water partition coefficient (Wildman–Crippen LogP) is 4.16. The number of amides is 1. The van der Waals surface area contributed by atoms with Crippen molar-refractivity contribution in [3.05, 3.63) is 40.2 Å². The Hall–Kier alpha value is -1.14. The lowest BCUT2D eigenvalue weighted by Crippen LogP contribution is -2.49. The first-order chi connectivity index (χ1) is 11.1. The van der Waals surface area contributed by atoms with Crippen LogP contribution >= 0.6 is 36.2 Å². The summed E-state index contributed by atoms with van der Waals surface area (Å²) in [5.74, 6) is 0.696. The molecule has 2 aromatic heterocycles. The molecule has 1 saturated heterocycles. The molecule has 0 aliphatic carbocycles. The van der Waals surface area contributed by atoms with Crippen LogP contribution in [0.25, 0.3) is 11.3 Å². The smallest absolute Gasteiger partial charge is 0.255 e. The second-order valence-corrected chi connectivity index (χ2v) is 7.14. The van der Waals surface area contributed by atoms with E-state index in [0.29, 0.717) is 18.0 Å². The van der Waals surface area contributed by atoms with E-state index in [1.54, 1.807) is 11.3 Å². The molecule has 2 unspecified atom stereocenters. The third-order valence-electron chi connectivity index (χ3n) is 4.64. The van der Waals surface area contributed by atoms with Crippen molar-refractivity contribution < 1.29 is 4.79 Å². The molecule has 1 aliphatic rings. The van der Waals surface area contributed by atoms with Gasteiger partial charge in [0.2, 0.25) is 0 Å². The number of pyridine rings is 1. The molecule has 0 spiro atoms. The Morgan fingerprint density at radius 1 is 1.36 bits per heavy atom. The third-order valence-corrected chi connectivity index (χ3v) is 5.33. The van der Waals surface area contributed by atoms with Crippen LogP contribution in [0, 0.1) is 12.8 Å². The summed E-state index contributed by atoms with van der Waals surface area (Å²) >= 11 is 1.65. The molecule has 138 valence electrons. The summed E-state index contributed by atoms with van der Waals surface area (Å²) in [6, 6.07) is 6.03. The Morgan fingerprint density at radius 3 is 2.72 bits per heavy atom. The zero-order valence-electron chi connectivity index (χ0n) is 14.5. The van der Waals surface area contributed by atoms with E-state index in [4.69, 9.17) is 5.73 Å². The molecule has 2 atom stereocenters. The lowest BCUT2D eigenvalue weighted by atomic mass is 9.91. The molecule has 7 heteroatoms. The van der Waals surface area contributed by atoms with E-state index < -0.39 is 0 Å². The highest BCUT2D eigenvalue weighted by atomic mass is 35.5. The number of thiophene rings is 1. The molecule has 4 nitrogen and oxygen atoms in total. The van der Waals surface area contributed by atoms with Gasteiger partial charge >= 0.3 is 0 Å². The SMILES string of the molecule is Cc1nc(-c2ccsc2)ccc1C(=O)N1CCC(C)CC1CN.Cl.Cl. The van der Waals surface area contributed by atoms with Gasteiger partial charge in [0.15, 0.2) is 0 Å². The van der Waals surface area contributed by atoms with Crippen LogP contribution in [-0.2, 0) is 0 Å². The quantitative estimate of drug-likeness (QED) is 0.839. The number of rotatable bonds is 3. The maximum atomic E-state index is 12.9. The third kappa shape index (κ3) is 4.73. The normalized spacial score (nSPS) is 19.7. The summed E-state index contributed by atoms with van der Waals surface area (Å²) < 4.78 is 0. The lowest BCUT2D eigenvalue weighted by molar-refractivity contribution is 0.0572. The van der Waals surface area contributed by atoms with Gasteiger partial charge in [-0.25, -0.2) is 0 Å². The Morgan fingerprint density at radius 2 is 2.12 bits per heavy atom. The number of hydrogen-bond donors (Lipinski definition) is 1. The van der Waals surface area contributed by atoms with Gasteiger partial charge < -0.3 is 10.6 Å². The molecule has 0 aromatic carbocycles. The van der Waals surface area contributed by atoms with Crippen molar-refractivity contribution in [1.29, 1.82) is 0 Å². The van der Waals surface area contributed by atoms with Crippen LogP contribution < -0.4 is 5.73 Å². The number of nitrogens with two attached hydrogens (primary N) is 1. The maximum Gasteiger partial charge on any atom is 0.255 e. The molecule has 2 N–H and O–H groups in total. The second-order valence-electron chi connectivity index (χ2n) is 6.36. The zero-order chi connectivity index (χ0) is 16.4. The Kier molecular flexibility index (Phi) is 8.35. The monoisotopic (exact) mass is 401 g/mol. The number of piperidine rings is 1. The Bertz CT molecular complexity index is 694. The van der Waals surface area contributed by atoms with Gasteiger partial charge in [0.05, 0.1) is 17.0 Å². The maximum absolute atomic E-state index is 12.9. The van der Waals surface area contributed by atoms with Gasteiger partial charge in [-0.15, -0.1) is 24.8 Å². The molecule has 3 heterocycles. The lowest BCUT2D eigenvalue weighted by Gasteiger charge is -2.38. The molecule has 1 aliphatic heterocycles. The van der Waals surface area contributed by atoms with Crippen LogP contribution in [0.3, 0.4) is 0 Å². The van der Waals surface area contributed by atoms with Crippen LogP contribution in [0.4, 0.5) is 0 Å². The van der Waals surface area contributed by atoms with Crippen molar-refractivity contribution in [1.82, 2.24) is 9.88 Å². The van der Waals surface area contributed by atoms with E-state index in [1.165, 1.54) is 0 Å². The van der Waals surface area contributed by atoms with Crippen molar-refractivity contribution in [2.45, 2.75) is 32.7 Å². The predicted molar refractivity (Wildman–Crippen MR) is 109 cm³/mol. The number of carbonyl (C=O) groups is 1. The molecule has 2 aromatic rings. The van der Waals surface area contributed by atoms with Gasteiger partial charge in [-0.1, -0.05) is 6.92 Å². The number of hydrogen-bond acceptors (Lipinski definition) is 4. The molecule has 0 saturated carbocycles. The minimum Gasteiger partial charge on any atom is -0.334 e. The van der Waals surface area contributed by atoms with Crippen LogP contribution in [0.1, 0.15) is 35.8 Å². The number of aromatic nitrogens is 1. The fraction of sp³-hybridized carbons (Fsp3) is 0.444. The van der Waals surface area contributed by atoms with Crippen molar-refractivity contribution >= 4 is 42.1 Å². The summed E-state index contributed by atoms with van der Waals surface area (Å²) in [7, 11) is 0. The van der Waals surface area contributed by atoms with E-state index in [2.05, 4.69) is 17.3 Å². The van der Waals surface area contributed by atoms with Crippen molar-refractivity contribution in [3.8, 4) is 11.3 Å². The summed E-state index contributed by atoms with van der Waals surface area (Å²) in [5.41, 5.74) is 9.39. The highest BCUT2D eigenvalue weighted by molar-refractivity contribution is 7.08. The molecular weight excluding hydrogens is 377 g/mol. The number of carbonyl (C=O) groups excluding carboxylic acids is 1. The average Bonchev–Trinajstić information content (AvgIpc) is 3.08.